The van der Waals surface area contributed by atoms with Crippen LogP contribution in [0.4, 0.5) is 0 Å². The SMILES string of the molecule is COc1cc(C=O)cc(Br)c1OCc1ccc(C)cc1Cl. The number of carbonyl (C=O) groups excluding carboxylic acids is 1. The van der Waals surface area contributed by atoms with Crippen LogP contribution < -0.4 is 9.47 Å². The van der Waals surface area contributed by atoms with Gasteiger partial charge in [0.2, 0.25) is 0 Å². The predicted molar refractivity (Wildman–Crippen MR) is 86.6 cm³/mol. The molecule has 3 nitrogen and oxygen atoms in total. The van der Waals surface area contributed by atoms with Gasteiger partial charge in [-0.1, -0.05) is 23.7 Å². The smallest absolute Gasteiger partial charge is 0.175 e. The van der Waals surface area contributed by atoms with Crippen molar-refractivity contribution < 1.29 is 14.3 Å². The summed E-state index contributed by atoms with van der Waals surface area (Å²) < 4.78 is 11.7. The molecule has 0 radical (unpaired) electrons. The van der Waals surface area contributed by atoms with Crippen molar-refractivity contribution in [2.75, 3.05) is 7.11 Å². The van der Waals surface area contributed by atoms with E-state index in [1.807, 2.05) is 25.1 Å². The van der Waals surface area contributed by atoms with E-state index in [9.17, 15) is 4.79 Å². The Labute approximate surface area is 137 Å². The lowest BCUT2D eigenvalue weighted by atomic mass is 10.1. The summed E-state index contributed by atoms with van der Waals surface area (Å²) in [5.74, 6) is 1.04. The number of ether oxygens (including phenoxy) is 2. The van der Waals surface area contributed by atoms with Crippen molar-refractivity contribution in [3.8, 4) is 11.5 Å². The number of aldehydes is 1. The third-order valence-corrected chi connectivity index (χ3v) is 3.91. The van der Waals surface area contributed by atoms with Gasteiger partial charge in [-0.05, 0) is 46.6 Å². The Morgan fingerprint density at radius 2 is 2.05 bits per heavy atom. The van der Waals surface area contributed by atoms with Gasteiger partial charge in [0, 0.05) is 16.1 Å². The zero-order chi connectivity index (χ0) is 15.4. The first kappa shape index (κ1) is 15.9. The van der Waals surface area contributed by atoms with Crippen molar-refractivity contribution >= 4 is 33.8 Å². The van der Waals surface area contributed by atoms with Crippen LogP contribution in [-0.4, -0.2) is 13.4 Å². The number of rotatable bonds is 5. The lowest BCUT2D eigenvalue weighted by Gasteiger charge is -2.14. The van der Waals surface area contributed by atoms with Crippen molar-refractivity contribution in [3.05, 3.63) is 56.5 Å². The Bertz CT molecular complexity index is 671. The van der Waals surface area contributed by atoms with E-state index in [2.05, 4.69) is 15.9 Å². The molecule has 0 aromatic heterocycles. The molecule has 0 aliphatic rings. The second kappa shape index (κ2) is 6.96. The highest BCUT2D eigenvalue weighted by Gasteiger charge is 2.12. The van der Waals surface area contributed by atoms with E-state index < -0.39 is 0 Å². The lowest BCUT2D eigenvalue weighted by Crippen LogP contribution is -2.00. The van der Waals surface area contributed by atoms with Crippen LogP contribution in [0, 0.1) is 6.92 Å². The molecule has 0 amide bonds. The van der Waals surface area contributed by atoms with Gasteiger partial charge < -0.3 is 9.47 Å². The minimum atomic E-state index is 0.314. The maximum atomic E-state index is 10.9. The standard InChI is InChI=1S/C16H14BrClO3/c1-10-3-4-12(14(18)5-10)9-21-16-13(17)6-11(8-19)7-15(16)20-2/h3-8H,9H2,1-2H3. The van der Waals surface area contributed by atoms with Gasteiger partial charge in [-0.2, -0.15) is 0 Å². The Kier molecular flexibility index (Phi) is 5.26. The molecule has 0 saturated carbocycles. The van der Waals surface area contributed by atoms with Gasteiger partial charge in [-0.3, -0.25) is 4.79 Å². The molecule has 0 unspecified atom stereocenters. The first-order valence-corrected chi connectivity index (χ1v) is 7.42. The number of hydrogen-bond donors (Lipinski definition) is 0. The molecule has 110 valence electrons. The summed E-state index contributed by atoms with van der Waals surface area (Å²) in [4.78, 5) is 10.9. The summed E-state index contributed by atoms with van der Waals surface area (Å²) >= 11 is 9.57. The van der Waals surface area contributed by atoms with Crippen LogP contribution in [0.15, 0.2) is 34.8 Å². The molecular weight excluding hydrogens is 356 g/mol. The van der Waals surface area contributed by atoms with E-state index in [1.54, 1.807) is 12.1 Å². The zero-order valence-corrected chi connectivity index (χ0v) is 14.0. The minimum Gasteiger partial charge on any atom is -0.493 e. The third-order valence-electron chi connectivity index (χ3n) is 2.97. The molecule has 0 heterocycles. The number of halogens is 2. The number of benzene rings is 2. The first-order valence-electron chi connectivity index (χ1n) is 6.25. The summed E-state index contributed by atoms with van der Waals surface area (Å²) in [6.07, 6.45) is 0.758. The molecule has 0 aliphatic heterocycles. The van der Waals surface area contributed by atoms with Crippen molar-refractivity contribution in [1.29, 1.82) is 0 Å². The molecule has 0 aliphatic carbocycles. The average Bonchev–Trinajstić information content (AvgIpc) is 2.46. The quantitative estimate of drug-likeness (QED) is 0.709. The van der Waals surface area contributed by atoms with Crippen LogP contribution in [0.5, 0.6) is 11.5 Å². The van der Waals surface area contributed by atoms with Crippen molar-refractivity contribution in [2.45, 2.75) is 13.5 Å². The van der Waals surface area contributed by atoms with Crippen LogP contribution in [0.1, 0.15) is 21.5 Å². The van der Waals surface area contributed by atoms with Crippen molar-refractivity contribution in [2.24, 2.45) is 0 Å². The Morgan fingerprint density at radius 3 is 2.67 bits per heavy atom. The van der Waals surface area contributed by atoms with Gasteiger partial charge in [-0.15, -0.1) is 0 Å². The molecule has 2 rings (SSSR count). The molecule has 0 spiro atoms. The maximum Gasteiger partial charge on any atom is 0.175 e. The highest BCUT2D eigenvalue weighted by Crippen LogP contribution is 2.37. The maximum absolute atomic E-state index is 10.9. The van der Waals surface area contributed by atoms with Crippen molar-refractivity contribution in [1.82, 2.24) is 0 Å². The normalized spacial score (nSPS) is 10.3. The number of hydrogen-bond acceptors (Lipinski definition) is 3. The topological polar surface area (TPSA) is 35.5 Å². The summed E-state index contributed by atoms with van der Waals surface area (Å²) in [6, 6.07) is 9.11. The molecular formula is C16H14BrClO3. The van der Waals surface area contributed by atoms with E-state index in [0.717, 1.165) is 17.4 Å². The second-order valence-electron chi connectivity index (χ2n) is 4.54. The molecule has 0 fully saturated rings. The van der Waals surface area contributed by atoms with Crippen LogP contribution >= 0.6 is 27.5 Å². The summed E-state index contributed by atoms with van der Waals surface area (Å²) in [7, 11) is 1.53. The highest BCUT2D eigenvalue weighted by molar-refractivity contribution is 9.10. The second-order valence-corrected chi connectivity index (χ2v) is 5.80. The summed E-state index contributed by atoms with van der Waals surface area (Å²) in [5, 5.41) is 0.662. The van der Waals surface area contributed by atoms with Crippen molar-refractivity contribution in [3.63, 3.8) is 0 Å². The van der Waals surface area contributed by atoms with Crippen LogP contribution in [-0.2, 0) is 6.61 Å². The zero-order valence-electron chi connectivity index (χ0n) is 11.7. The molecule has 0 bridgehead atoms. The molecule has 0 N–H and O–H groups in total. The molecule has 0 saturated heterocycles. The lowest BCUT2D eigenvalue weighted by molar-refractivity contribution is 0.112. The molecule has 0 atom stereocenters. The Morgan fingerprint density at radius 1 is 1.29 bits per heavy atom. The number of methoxy groups -OCH3 is 1. The van der Waals surface area contributed by atoms with Gasteiger partial charge in [0.25, 0.3) is 0 Å². The van der Waals surface area contributed by atoms with E-state index in [-0.39, 0.29) is 0 Å². The van der Waals surface area contributed by atoms with Gasteiger partial charge in [0.05, 0.1) is 11.6 Å². The van der Waals surface area contributed by atoms with Crippen LogP contribution in [0.25, 0.3) is 0 Å². The van der Waals surface area contributed by atoms with E-state index in [4.69, 9.17) is 21.1 Å². The van der Waals surface area contributed by atoms with Crippen LogP contribution in [0.2, 0.25) is 5.02 Å². The molecule has 2 aromatic carbocycles. The van der Waals surface area contributed by atoms with Gasteiger partial charge >= 0.3 is 0 Å². The molecule has 21 heavy (non-hydrogen) atoms. The fourth-order valence-electron chi connectivity index (χ4n) is 1.87. The third kappa shape index (κ3) is 3.77. The summed E-state index contributed by atoms with van der Waals surface area (Å²) in [5.41, 5.74) is 2.49. The van der Waals surface area contributed by atoms with Crippen LogP contribution in [0.3, 0.4) is 0 Å². The van der Waals surface area contributed by atoms with E-state index in [0.29, 0.717) is 33.2 Å². The predicted octanol–water partition coefficient (Wildman–Crippen LogP) is 4.81. The first-order chi connectivity index (χ1) is 10.0. The Balaban J connectivity index is 2.25. The summed E-state index contributed by atoms with van der Waals surface area (Å²) in [6.45, 7) is 2.29. The Hall–Kier alpha value is -1.52. The van der Waals surface area contributed by atoms with E-state index >= 15 is 0 Å². The fraction of sp³-hybridized carbons (Fsp3) is 0.188. The van der Waals surface area contributed by atoms with Gasteiger partial charge in [0.1, 0.15) is 12.9 Å². The molecule has 5 heteroatoms. The minimum absolute atomic E-state index is 0.314. The van der Waals surface area contributed by atoms with Gasteiger partial charge in [0.15, 0.2) is 11.5 Å². The number of aryl methyl sites for hydroxylation is 1. The largest absolute Gasteiger partial charge is 0.493 e. The monoisotopic (exact) mass is 368 g/mol. The van der Waals surface area contributed by atoms with E-state index in [1.165, 1.54) is 7.11 Å². The number of carbonyl (C=O) groups is 1. The molecule has 2 aromatic rings. The fourth-order valence-corrected chi connectivity index (χ4v) is 2.73. The van der Waals surface area contributed by atoms with Gasteiger partial charge in [-0.25, -0.2) is 0 Å². The average molecular weight is 370 g/mol. The highest BCUT2D eigenvalue weighted by atomic mass is 79.9.